The molecule has 0 atom stereocenters. The van der Waals surface area contributed by atoms with Gasteiger partial charge in [0.05, 0.1) is 18.5 Å². The van der Waals surface area contributed by atoms with E-state index in [1.807, 2.05) is 11.8 Å². The summed E-state index contributed by atoms with van der Waals surface area (Å²) in [6.07, 6.45) is 6.02. The Labute approximate surface area is 190 Å². The lowest BCUT2D eigenvalue weighted by Gasteiger charge is -2.34. The quantitative estimate of drug-likeness (QED) is 0.639. The van der Waals surface area contributed by atoms with Crippen molar-refractivity contribution >= 4 is 27.5 Å². The lowest BCUT2D eigenvalue weighted by molar-refractivity contribution is 0.0620. The van der Waals surface area contributed by atoms with Crippen molar-refractivity contribution in [3.05, 3.63) is 50.5 Å². The monoisotopic (exact) mass is 453 g/mol. The SMILES string of the molecule is CCOc1ncccc1C(=O)N1CCN(Cc2nc3sc4c(c3c(=O)[nH]2)CCCC4)CC1. The van der Waals surface area contributed by atoms with E-state index in [2.05, 4.69) is 14.9 Å². The van der Waals surface area contributed by atoms with Crippen molar-refractivity contribution in [2.24, 2.45) is 0 Å². The molecule has 1 aliphatic heterocycles. The van der Waals surface area contributed by atoms with Crippen molar-refractivity contribution in [2.45, 2.75) is 39.2 Å². The average Bonchev–Trinajstić information content (AvgIpc) is 3.18. The van der Waals surface area contributed by atoms with Gasteiger partial charge in [0, 0.05) is 37.3 Å². The number of amides is 1. The van der Waals surface area contributed by atoms with E-state index in [-0.39, 0.29) is 11.5 Å². The maximum Gasteiger partial charge on any atom is 0.259 e. The highest BCUT2D eigenvalue weighted by Crippen LogP contribution is 2.33. The lowest BCUT2D eigenvalue weighted by atomic mass is 9.97. The third-order valence-corrected chi connectivity index (χ3v) is 7.38. The molecule has 8 nitrogen and oxygen atoms in total. The molecule has 0 bridgehead atoms. The van der Waals surface area contributed by atoms with Crippen LogP contribution in [0.1, 0.15) is 46.4 Å². The van der Waals surface area contributed by atoms with E-state index in [9.17, 15) is 9.59 Å². The molecule has 0 saturated carbocycles. The number of nitrogens with zero attached hydrogens (tertiary/aromatic N) is 4. The van der Waals surface area contributed by atoms with Crippen LogP contribution in [0.3, 0.4) is 0 Å². The van der Waals surface area contributed by atoms with Crippen LogP contribution in [-0.2, 0) is 19.4 Å². The standard InChI is InChI=1S/C23H27N5O3S/c1-2-31-21-16(7-5-9-24-21)23(30)28-12-10-27(11-13-28)14-18-25-20(29)19-15-6-3-4-8-17(15)32-22(19)26-18/h5,7,9H,2-4,6,8,10-14H2,1H3,(H,25,26,29). The van der Waals surface area contributed by atoms with Crippen molar-refractivity contribution in [3.63, 3.8) is 0 Å². The van der Waals surface area contributed by atoms with E-state index < -0.39 is 0 Å². The topological polar surface area (TPSA) is 91.4 Å². The van der Waals surface area contributed by atoms with E-state index in [1.165, 1.54) is 16.9 Å². The summed E-state index contributed by atoms with van der Waals surface area (Å²) < 4.78 is 5.52. The summed E-state index contributed by atoms with van der Waals surface area (Å²) in [4.78, 5) is 44.0. The Balaban J connectivity index is 1.26. The molecule has 2 aliphatic rings. The molecule has 0 spiro atoms. The molecular formula is C23H27N5O3S. The smallest absolute Gasteiger partial charge is 0.259 e. The van der Waals surface area contributed by atoms with Crippen molar-refractivity contribution in [1.29, 1.82) is 0 Å². The van der Waals surface area contributed by atoms with Gasteiger partial charge in [-0.25, -0.2) is 9.97 Å². The van der Waals surface area contributed by atoms with Crippen LogP contribution in [0, 0.1) is 0 Å². The Kier molecular flexibility index (Phi) is 5.93. The largest absolute Gasteiger partial charge is 0.477 e. The Morgan fingerprint density at radius 2 is 2.03 bits per heavy atom. The molecule has 4 heterocycles. The number of aromatic amines is 1. The number of aromatic nitrogens is 3. The fourth-order valence-corrected chi connectivity index (χ4v) is 5.86. The van der Waals surface area contributed by atoms with Crippen LogP contribution < -0.4 is 10.3 Å². The number of hydrogen-bond donors (Lipinski definition) is 1. The Morgan fingerprint density at radius 3 is 2.84 bits per heavy atom. The summed E-state index contributed by atoms with van der Waals surface area (Å²) in [7, 11) is 0. The van der Waals surface area contributed by atoms with E-state index in [0.717, 1.165) is 42.6 Å². The van der Waals surface area contributed by atoms with Gasteiger partial charge in [-0.1, -0.05) is 0 Å². The van der Waals surface area contributed by atoms with E-state index >= 15 is 0 Å². The number of thiophene rings is 1. The third kappa shape index (κ3) is 4.02. The molecule has 32 heavy (non-hydrogen) atoms. The average molecular weight is 454 g/mol. The minimum Gasteiger partial charge on any atom is -0.477 e. The first-order chi connectivity index (χ1) is 15.6. The molecule has 3 aromatic heterocycles. The highest BCUT2D eigenvalue weighted by Gasteiger charge is 2.26. The van der Waals surface area contributed by atoms with Gasteiger partial charge in [-0.05, 0) is 50.3 Å². The number of ether oxygens (including phenoxy) is 1. The zero-order valence-corrected chi connectivity index (χ0v) is 19.0. The number of nitrogens with one attached hydrogen (secondary N) is 1. The van der Waals surface area contributed by atoms with Gasteiger partial charge in [-0.2, -0.15) is 0 Å². The number of pyridine rings is 1. The molecule has 168 valence electrons. The zero-order valence-electron chi connectivity index (χ0n) is 18.2. The molecule has 5 rings (SSSR count). The predicted molar refractivity (Wildman–Crippen MR) is 123 cm³/mol. The molecule has 0 radical (unpaired) electrons. The van der Waals surface area contributed by atoms with Crippen LogP contribution in [0.4, 0.5) is 0 Å². The first-order valence-corrected chi connectivity index (χ1v) is 12.1. The van der Waals surface area contributed by atoms with E-state index in [1.54, 1.807) is 29.7 Å². The van der Waals surface area contributed by atoms with Gasteiger partial charge in [-0.15, -0.1) is 11.3 Å². The van der Waals surface area contributed by atoms with Crippen molar-refractivity contribution in [1.82, 2.24) is 24.8 Å². The first kappa shape index (κ1) is 21.1. The summed E-state index contributed by atoms with van der Waals surface area (Å²) in [6, 6.07) is 3.52. The first-order valence-electron chi connectivity index (χ1n) is 11.3. The van der Waals surface area contributed by atoms with Gasteiger partial charge < -0.3 is 14.6 Å². The Hall–Kier alpha value is -2.78. The number of H-pyrrole nitrogens is 1. The van der Waals surface area contributed by atoms with Gasteiger partial charge in [0.2, 0.25) is 5.88 Å². The van der Waals surface area contributed by atoms with Gasteiger partial charge in [0.25, 0.3) is 11.5 Å². The Morgan fingerprint density at radius 1 is 1.22 bits per heavy atom. The minimum absolute atomic E-state index is 0.0155. The Bertz CT molecular complexity index is 1200. The molecular weight excluding hydrogens is 426 g/mol. The van der Waals surface area contributed by atoms with E-state index in [0.29, 0.717) is 43.5 Å². The molecule has 0 aromatic carbocycles. The van der Waals surface area contributed by atoms with Crippen LogP contribution >= 0.6 is 11.3 Å². The fraction of sp³-hybridized carbons (Fsp3) is 0.478. The molecule has 1 N–H and O–H groups in total. The molecule has 1 amide bonds. The maximum atomic E-state index is 13.0. The lowest BCUT2D eigenvalue weighted by Crippen LogP contribution is -2.48. The van der Waals surface area contributed by atoms with Gasteiger partial charge in [-0.3, -0.25) is 14.5 Å². The molecule has 1 fully saturated rings. The van der Waals surface area contributed by atoms with Crippen LogP contribution in [0.2, 0.25) is 0 Å². The molecule has 1 aliphatic carbocycles. The normalized spacial score (nSPS) is 16.8. The van der Waals surface area contributed by atoms with Crippen LogP contribution in [-0.4, -0.2) is 63.4 Å². The highest BCUT2D eigenvalue weighted by molar-refractivity contribution is 7.18. The molecule has 9 heteroatoms. The second-order valence-corrected chi connectivity index (χ2v) is 9.34. The number of carbonyl (C=O) groups is 1. The fourth-order valence-electron chi connectivity index (χ4n) is 4.58. The van der Waals surface area contributed by atoms with Gasteiger partial charge in [0.1, 0.15) is 16.2 Å². The second kappa shape index (κ2) is 8.99. The van der Waals surface area contributed by atoms with Crippen LogP contribution in [0.15, 0.2) is 23.1 Å². The second-order valence-electron chi connectivity index (χ2n) is 8.26. The number of fused-ring (bicyclic) bond motifs is 3. The summed E-state index contributed by atoms with van der Waals surface area (Å²) >= 11 is 1.68. The number of piperazine rings is 1. The number of carbonyl (C=O) groups excluding carboxylic acids is 1. The van der Waals surface area contributed by atoms with Crippen molar-refractivity contribution < 1.29 is 9.53 Å². The van der Waals surface area contributed by atoms with Gasteiger partial charge in [0.15, 0.2) is 0 Å². The molecule has 1 saturated heterocycles. The minimum atomic E-state index is -0.0571. The number of rotatable bonds is 5. The number of aryl methyl sites for hydroxylation is 2. The molecule has 3 aromatic rings. The number of hydrogen-bond acceptors (Lipinski definition) is 7. The summed E-state index contributed by atoms with van der Waals surface area (Å²) in [6.45, 7) is 5.58. The van der Waals surface area contributed by atoms with Gasteiger partial charge >= 0.3 is 0 Å². The van der Waals surface area contributed by atoms with Crippen LogP contribution in [0.25, 0.3) is 10.2 Å². The highest BCUT2D eigenvalue weighted by atomic mass is 32.1. The molecule has 0 unspecified atom stereocenters. The predicted octanol–water partition coefficient (Wildman–Crippen LogP) is 2.62. The zero-order chi connectivity index (χ0) is 22.1. The summed E-state index contributed by atoms with van der Waals surface area (Å²) in [5, 5.41) is 0.797. The maximum absolute atomic E-state index is 13.0. The van der Waals surface area contributed by atoms with Crippen LogP contribution in [0.5, 0.6) is 5.88 Å². The van der Waals surface area contributed by atoms with E-state index in [4.69, 9.17) is 9.72 Å². The summed E-state index contributed by atoms with van der Waals surface area (Å²) in [5.74, 6) is 1.03. The van der Waals surface area contributed by atoms with Crippen molar-refractivity contribution in [3.8, 4) is 5.88 Å². The third-order valence-electron chi connectivity index (χ3n) is 6.19. The summed E-state index contributed by atoms with van der Waals surface area (Å²) in [5.41, 5.74) is 1.70. The van der Waals surface area contributed by atoms with Crippen molar-refractivity contribution in [2.75, 3.05) is 32.8 Å².